The van der Waals surface area contributed by atoms with Crippen LogP contribution in [0.1, 0.15) is 49.7 Å². The van der Waals surface area contributed by atoms with Gasteiger partial charge in [-0.25, -0.2) is 0 Å². The molecule has 1 aromatic rings. The highest BCUT2D eigenvalue weighted by Gasteiger charge is 2.28. The van der Waals surface area contributed by atoms with Crippen LogP contribution in [0.4, 0.5) is 0 Å². The average Bonchev–Trinajstić information content (AvgIpc) is 2.64. The van der Waals surface area contributed by atoms with Gasteiger partial charge in [0.1, 0.15) is 0 Å². The van der Waals surface area contributed by atoms with Crippen molar-refractivity contribution in [3.8, 4) is 0 Å². The van der Waals surface area contributed by atoms with Gasteiger partial charge < -0.3 is 5.11 Å². The first kappa shape index (κ1) is 14.1. The molecule has 1 aromatic carbocycles. The molecule has 1 aliphatic carbocycles. The van der Waals surface area contributed by atoms with Crippen LogP contribution in [0.25, 0.3) is 0 Å². The first-order valence-corrected chi connectivity index (χ1v) is 7.45. The molecule has 0 aromatic heterocycles. The lowest BCUT2D eigenvalue weighted by atomic mass is 9.82. The summed E-state index contributed by atoms with van der Waals surface area (Å²) in [5.41, 5.74) is 2.37. The lowest BCUT2D eigenvalue weighted by Gasteiger charge is -2.22. The van der Waals surface area contributed by atoms with Crippen molar-refractivity contribution in [2.24, 2.45) is 11.8 Å². The largest absolute Gasteiger partial charge is 0.481 e. The van der Waals surface area contributed by atoms with Crippen LogP contribution in [0.2, 0.25) is 0 Å². The Morgan fingerprint density at radius 1 is 1.26 bits per heavy atom. The summed E-state index contributed by atoms with van der Waals surface area (Å²) in [5.74, 6) is -0.464. The van der Waals surface area contributed by atoms with Gasteiger partial charge in [0.15, 0.2) is 0 Å². The quantitative estimate of drug-likeness (QED) is 0.823. The molecule has 2 rings (SSSR count). The average molecular weight is 260 g/mol. The van der Waals surface area contributed by atoms with Crippen molar-refractivity contribution >= 4 is 5.97 Å². The normalized spacial score (nSPS) is 18.8. The smallest absolute Gasteiger partial charge is 0.307 e. The van der Waals surface area contributed by atoms with Crippen molar-refractivity contribution in [1.29, 1.82) is 0 Å². The van der Waals surface area contributed by atoms with E-state index in [2.05, 4.69) is 25.1 Å². The monoisotopic (exact) mass is 260 g/mol. The summed E-state index contributed by atoms with van der Waals surface area (Å²) in [6.45, 7) is 2.06. The Bertz CT molecular complexity index is 417. The van der Waals surface area contributed by atoms with Crippen LogP contribution in [0.15, 0.2) is 24.3 Å². The van der Waals surface area contributed by atoms with Gasteiger partial charge in [0.05, 0.1) is 5.92 Å². The second-order valence-corrected chi connectivity index (χ2v) is 5.89. The molecular weight excluding hydrogens is 236 g/mol. The number of rotatable bonds is 4. The minimum atomic E-state index is -0.617. The fourth-order valence-corrected chi connectivity index (χ4v) is 3.26. The summed E-state index contributed by atoms with van der Waals surface area (Å²) in [6, 6.07) is 8.26. The molecule has 1 N–H and O–H groups in total. The van der Waals surface area contributed by atoms with E-state index in [-0.39, 0.29) is 5.92 Å². The SMILES string of the molecule is Cc1cccc(CC(C(=O)O)C2CCCCCC2)c1. The van der Waals surface area contributed by atoms with Crippen LogP contribution in [0.5, 0.6) is 0 Å². The third kappa shape index (κ3) is 4.09. The van der Waals surface area contributed by atoms with Gasteiger partial charge in [-0.1, -0.05) is 55.5 Å². The van der Waals surface area contributed by atoms with Crippen LogP contribution in [-0.4, -0.2) is 11.1 Å². The molecule has 1 aliphatic rings. The second-order valence-electron chi connectivity index (χ2n) is 5.89. The van der Waals surface area contributed by atoms with Crippen molar-refractivity contribution in [3.63, 3.8) is 0 Å². The van der Waals surface area contributed by atoms with E-state index in [0.29, 0.717) is 12.3 Å². The van der Waals surface area contributed by atoms with Crippen LogP contribution in [-0.2, 0) is 11.2 Å². The number of carboxylic acid groups (broad SMARTS) is 1. The van der Waals surface area contributed by atoms with Crippen LogP contribution in [0.3, 0.4) is 0 Å². The minimum absolute atomic E-state index is 0.208. The molecule has 0 aliphatic heterocycles. The zero-order valence-electron chi connectivity index (χ0n) is 11.8. The summed E-state index contributed by atoms with van der Waals surface area (Å²) in [5, 5.41) is 9.55. The Hall–Kier alpha value is -1.31. The molecule has 1 saturated carbocycles. The van der Waals surface area contributed by atoms with Gasteiger partial charge in [-0.15, -0.1) is 0 Å². The van der Waals surface area contributed by atoms with Gasteiger partial charge in [-0.2, -0.15) is 0 Å². The predicted octanol–water partition coefficient (Wildman–Crippen LogP) is 4.21. The van der Waals surface area contributed by atoms with Crippen molar-refractivity contribution in [2.45, 2.75) is 51.9 Å². The van der Waals surface area contributed by atoms with Gasteiger partial charge >= 0.3 is 5.97 Å². The number of aliphatic carboxylic acids is 1. The number of hydrogen-bond acceptors (Lipinski definition) is 1. The van der Waals surface area contributed by atoms with Gasteiger partial charge in [-0.05, 0) is 37.7 Å². The Kier molecular flexibility index (Phi) is 5.00. The van der Waals surface area contributed by atoms with E-state index < -0.39 is 5.97 Å². The van der Waals surface area contributed by atoms with Gasteiger partial charge in [0.2, 0.25) is 0 Å². The standard InChI is InChI=1S/C17H24O2/c1-13-7-6-8-14(11-13)12-16(17(18)19)15-9-4-2-3-5-10-15/h6-8,11,15-16H,2-5,9-10,12H2,1H3,(H,18,19). The van der Waals surface area contributed by atoms with E-state index in [9.17, 15) is 9.90 Å². The molecule has 19 heavy (non-hydrogen) atoms. The van der Waals surface area contributed by atoms with Crippen LogP contribution < -0.4 is 0 Å². The van der Waals surface area contributed by atoms with Crippen LogP contribution >= 0.6 is 0 Å². The van der Waals surface area contributed by atoms with Gasteiger partial charge in [0, 0.05) is 0 Å². The first-order valence-electron chi connectivity index (χ1n) is 7.45. The maximum atomic E-state index is 11.6. The van der Waals surface area contributed by atoms with Crippen molar-refractivity contribution in [1.82, 2.24) is 0 Å². The molecule has 0 heterocycles. The van der Waals surface area contributed by atoms with Crippen molar-refractivity contribution in [3.05, 3.63) is 35.4 Å². The van der Waals surface area contributed by atoms with Gasteiger partial charge in [0.25, 0.3) is 0 Å². The molecule has 1 unspecified atom stereocenters. The molecule has 0 bridgehead atoms. The molecule has 1 fully saturated rings. The third-order valence-corrected chi connectivity index (χ3v) is 4.32. The number of carbonyl (C=O) groups is 1. The highest BCUT2D eigenvalue weighted by atomic mass is 16.4. The zero-order chi connectivity index (χ0) is 13.7. The number of benzene rings is 1. The van der Waals surface area contributed by atoms with E-state index >= 15 is 0 Å². The predicted molar refractivity (Wildman–Crippen MR) is 77.2 cm³/mol. The first-order chi connectivity index (χ1) is 9.16. The lowest BCUT2D eigenvalue weighted by molar-refractivity contribution is -0.143. The highest BCUT2D eigenvalue weighted by molar-refractivity contribution is 5.70. The fourth-order valence-electron chi connectivity index (χ4n) is 3.26. The molecule has 0 spiro atoms. The Morgan fingerprint density at radius 2 is 1.95 bits per heavy atom. The minimum Gasteiger partial charge on any atom is -0.481 e. The summed E-state index contributed by atoms with van der Waals surface area (Å²) < 4.78 is 0. The van der Waals surface area contributed by atoms with E-state index in [1.807, 2.05) is 6.07 Å². The molecule has 2 heteroatoms. The maximum absolute atomic E-state index is 11.6. The maximum Gasteiger partial charge on any atom is 0.307 e. The van der Waals surface area contributed by atoms with E-state index in [1.165, 1.54) is 31.2 Å². The topological polar surface area (TPSA) is 37.3 Å². The molecule has 1 atom stereocenters. The number of hydrogen-bond donors (Lipinski definition) is 1. The third-order valence-electron chi connectivity index (χ3n) is 4.32. The molecule has 104 valence electrons. The Balaban J connectivity index is 2.09. The van der Waals surface area contributed by atoms with Gasteiger partial charge in [-0.3, -0.25) is 4.79 Å². The second kappa shape index (κ2) is 6.74. The summed E-state index contributed by atoms with van der Waals surface area (Å²) in [4.78, 5) is 11.6. The van der Waals surface area contributed by atoms with E-state index in [1.54, 1.807) is 0 Å². The molecule has 2 nitrogen and oxygen atoms in total. The molecule has 0 amide bonds. The summed E-state index contributed by atoms with van der Waals surface area (Å²) in [6.07, 6.45) is 7.79. The van der Waals surface area contributed by atoms with Crippen molar-refractivity contribution in [2.75, 3.05) is 0 Å². The van der Waals surface area contributed by atoms with E-state index in [4.69, 9.17) is 0 Å². The fraction of sp³-hybridized carbons (Fsp3) is 0.588. The Labute approximate surface area is 115 Å². The number of aryl methyl sites for hydroxylation is 1. The lowest BCUT2D eigenvalue weighted by Crippen LogP contribution is -2.25. The molecule has 0 radical (unpaired) electrons. The zero-order valence-corrected chi connectivity index (χ0v) is 11.8. The number of carboxylic acids is 1. The van der Waals surface area contributed by atoms with E-state index in [0.717, 1.165) is 18.4 Å². The Morgan fingerprint density at radius 3 is 2.53 bits per heavy atom. The molecule has 0 saturated heterocycles. The van der Waals surface area contributed by atoms with Crippen LogP contribution in [0, 0.1) is 18.8 Å². The molecular formula is C17H24O2. The summed E-state index contributed by atoms with van der Waals surface area (Å²) in [7, 11) is 0. The van der Waals surface area contributed by atoms with Crippen molar-refractivity contribution < 1.29 is 9.90 Å². The highest BCUT2D eigenvalue weighted by Crippen LogP contribution is 2.31. The summed E-state index contributed by atoms with van der Waals surface area (Å²) >= 11 is 0.